The van der Waals surface area contributed by atoms with Crippen molar-refractivity contribution < 1.29 is 9.59 Å². The van der Waals surface area contributed by atoms with Gasteiger partial charge in [0.1, 0.15) is 0 Å². The predicted octanol–water partition coefficient (Wildman–Crippen LogP) is 4.02. The second-order valence-corrected chi connectivity index (χ2v) is 6.10. The number of nitrogens with one attached hydrogen (secondary N) is 2. The lowest BCUT2D eigenvalue weighted by Crippen LogP contribution is -2.12. The number of nitrogens with zero attached hydrogens (tertiary/aromatic N) is 1. The lowest BCUT2D eigenvalue weighted by molar-refractivity contribution is -0.114. The molecule has 0 fully saturated rings. The van der Waals surface area contributed by atoms with Crippen LogP contribution in [0.5, 0.6) is 0 Å². The number of benzene rings is 1. The van der Waals surface area contributed by atoms with Gasteiger partial charge < -0.3 is 10.6 Å². The zero-order valence-electron chi connectivity index (χ0n) is 12.9. The van der Waals surface area contributed by atoms with Gasteiger partial charge in [0.15, 0.2) is 0 Å². The van der Waals surface area contributed by atoms with E-state index in [1.807, 2.05) is 23.6 Å². The van der Waals surface area contributed by atoms with E-state index in [0.29, 0.717) is 16.9 Å². The number of hydrogen-bond donors (Lipinski definition) is 2. The molecule has 0 bridgehead atoms. The molecule has 1 aromatic carbocycles. The first-order valence-electron chi connectivity index (χ1n) is 7.30. The summed E-state index contributed by atoms with van der Waals surface area (Å²) in [5.41, 5.74) is 2.74. The van der Waals surface area contributed by atoms with Crippen molar-refractivity contribution in [2.75, 3.05) is 10.6 Å². The maximum Gasteiger partial charge on any atom is 0.257 e. The smallest absolute Gasteiger partial charge is 0.257 e. The molecule has 0 aliphatic rings. The van der Waals surface area contributed by atoms with Crippen LogP contribution in [0.15, 0.2) is 60.2 Å². The van der Waals surface area contributed by atoms with Crippen LogP contribution >= 0.6 is 11.3 Å². The standard InChI is InChI=1S/C18H15N3O2S/c1-12(22)20-15-4-6-16(7-5-15)21-18(23)14-9-13(10-19-11-14)17-3-2-8-24-17/h2-11H,1H3,(H,20,22)(H,21,23). The van der Waals surface area contributed by atoms with Gasteiger partial charge in [-0.2, -0.15) is 0 Å². The Morgan fingerprint density at radius 2 is 1.71 bits per heavy atom. The minimum atomic E-state index is -0.229. The minimum absolute atomic E-state index is 0.136. The Bertz CT molecular complexity index is 858. The van der Waals surface area contributed by atoms with E-state index in [0.717, 1.165) is 10.4 Å². The summed E-state index contributed by atoms with van der Waals surface area (Å²) in [6.45, 7) is 1.45. The highest BCUT2D eigenvalue weighted by molar-refractivity contribution is 7.13. The first-order chi connectivity index (χ1) is 11.6. The zero-order valence-corrected chi connectivity index (χ0v) is 13.8. The topological polar surface area (TPSA) is 71.1 Å². The largest absolute Gasteiger partial charge is 0.326 e. The molecule has 0 atom stereocenters. The monoisotopic (exact) mass is 337 g/mol. The molecule has 0 aliphatic carbocycles. The van der Waals surface area contributed by atoms with Gasteiger partial charge in [-0.1, -0.05) is 6.07 Å². The van der Waals surface area contributed by atoms with Gasteiger partial charge in [0, 0.05) is 41.1 Å². The molecule has 0 saturated heterocycles. The number of pyridine rings is 1. The highest BCUT2D eigenvalue weighted by Gasteiger charge is 2.09. The Morgan fingerprint density at radius 3 is 2.33 bits per heavy atom. The Morgan fingerprint density at radius 1 is 1.00 bits per heavy atom. The SMILES string of the molecule is CC(=O)Nc1ccc(NC(=O)c2cncc(-c3cccs3)c2)cc1. The fourth-order valence-electron chi connectivity index (χ4n) is 2.19. The number of hydrogen-bond acceptors (Lipinski definition) is 4. The number of aromatic nitrogens is 1. The number of thiophene rings is 1. The summed E-state index contributed by atoms with van der Waals surface area (Å²) >= 11 is 1.60. The van der Waals surface area contributed by atoms with Crippen molar-refractivity contribution >= 4 is 34.5 Å². The van der Waals surface area contributed by atoms with Gasteiger partial charge in [-0.15, -0.1) is 11.3 Å². The maximum absolute atomic E-state index is 12.4. The van der Waals surface area contributed by atoms with Gasteiger partial charge in [0.25, 0.3) is 5.91 Å². The Labute approximate surface area is 143 Å². The normalized spacial score (nSPS) is 10.2. The van der Waals surface area contributed by atoms with E-state index < -0.39 is 0 Å². The van der Waals surface area contributed by atoms with Crippen LogP contribution < -0.4 is 10.6 Å². The van der Waals surface area contributed by atoms with Crippen LogP contribution in [0.2, 0.25) is 0 Å². The molecular weight excluding hydrogens is 322 g/mol. The van der Waals surface area contributed by atoms with E-state index >= 15 is 0 Å². The van der Waals surface area contributed by atoms with E-state index in [4.69, 9.17) is 0 Å². The number of carbonyl (C=O) groups is 2. The number of carbonyl (C=O) groups excluding carboxylic acids is 2. The molecule has 0 radical (unpaired) electrons. The minimum Gasteiger partial charge on any atom is -0.326 e. The molecule has 6 heteroatoms. The van der Waals surface area contributed by atoms with Crippen molar-refractivity contribution in [1.82, 2.24) is 4.98 Å². The van der Waals surface area contributed by atoms with Crippen LogP contribution in [0.25, 0.3) is 10.4 Å². The summed E-state index contributed by atoms with van der Waals surface area (Å²) in [4.78, 5) is 28.6. The Hall–Kier alpha value is -2.99. The van der Waals surface area contributed by atoms with Crippen molar-refractivity contribution in [2.45, 2.75) is 6.92 Å². The lowest BCUT2D eigenvalue weighted by atomic mass is 10.1. The molecule has 0 unspecified atom stereocenters. The van der Waals surface area contributed by atoms with E-state index in [1.54, 1.807) is 41.8 Å². The quantitative estimate of drug-likeness (QED) is 0.755. The average molecular weight is 337 g/mol. The third-order valence-electron chi connectivity index (χ3n) is 3.27. The summed E-state index contributed by atoms with van der Waals surface area (Å²) in [6.07, 6.45) is 3.28. The molecule has 3 aromatic rings. The van der Waals surface area contributed by atoms with Crippen molar-refractivity contribution in [3.8, 4) is 10.4 Å². The lowest BCUT2D eigenvalue weighted by Gasteiger charge is -2.07. The first kappa shape index (κ1) is 15.9. The van der Waals surface area contributed by atoms with Crippen LogP contribution in [0, 0.1) is 0 Å². The summed E-state index contributed by atoms with van der Waals surface area (Å²) < 4.78 is 0. The third-order valence-corrected chi connectivity index (χ3v) is 4.19. The van der Waals surface area contributed by atoms with E-state index in [1.165, 1.54) is 13.1 Å². The van der Waals surface area contributed by atoms with Crippen molar-refractivity contribution in [3.05, 3.63) is 65.8 Å². The highest BCUT2D eigenvalue weighted by Crippen LogP contribution is 2.24. The fraction of sp³-hybridized carbons (Fsp3) is 0.0556. The molecule has 5 nitrogen and oxygen atoms in total. The first-order valence-corrected chi connectivity index (χ1v) is 8.18. The Kier molecular flexibility index (Phi) is 4.67. The van der Waals surface area contributed by atoms with Crippen molar-refractivity contribution in [2.24, 2.45) is 0 Å². The number of rotatable bonds is 4. The third kappa shape index (κ3) is 3.85. The zero-order chi connectivity index (χ0) is 16.9. The van der Waals surface area contributed by atoms with Crippen LogP contribution in [0.4, 0.5) is 11.4 Å². The van der Waals surface area contributed by atoms with Crippen molar-refractivity contribution in [1.29, 1.82) is 0 Å². The van der Waals surface area contributed by atoms with Gasteiger partial charge >= 0.3 is 0 Å². The number of anilines is 2. The van der Waals surface area contributed by atoms with Crippen LogP contribution in [-0.2, 0) is 4.79 Å². The van der Waals surface area contributed by atoms with Gasteiger partial charge in [-0.25, -0.2) is 0 Å². The fourth-order valence-corrected chi connectivity index (χ4v) is 2.89. The van der Waals surface area contributed by atoms with Gasteiger partial charge in [0.2, 0.25) is 5.91 Å². The average Bonchev–Trinajstić information content (AvgIpc) is 3.11. The van der Waals surface area contributed by atoms with Crippen LogP contribution in [0.1, 0.15) is 17.3 Å². The van der Waals surface area contributed by atoms with E-state index in [9.17, 15) is 9.59 Å². The molecule has 2 amide bonds. The molecule has 24 heavy (non-hydrogen) atoms. The molecule has 0 aliphatic heterocycles. The predicted molar refractivity (Wildman–Crippen MR) is 96.2 cm³/mol. The summed E-state index contributed by atoms with van der Waals surface area (Å²) in [5, 5.41) is 7.49. The Balaban J connectivity index is 1.73. The summed E-state index contributed by atoms with van der Waals surface area (Å²) in [7, 11) is 0. The van der Waals surface area contributed by atoms with Crippen LogP contribution in [0.3, 0.4) is 0 Å². The molecule has 0 saturated carbocycles. The van der Waals surface area contributed by atoms with E-state index in [-0.39, 0.29) is 11.8 Å². The van der Waals surface area contributed by atoms with E-state index in [2.05, 4.69) is 15.6 Å². The van der Waals surface area contributed by atoms with Crippen molar-refractivity contribution in [3.63, 3.8) is 0 Å². The van der Waals surface area contributed by atoms with Gasteiger partial charge in [0.05, 0.1) is 5.56 Å². The second kappa shape index (κ2) is 7.06. The summed E-state index contributed by atoms with van der Waals surface area (Å²) in [5.74, 6) is -0.364. The molecular formula is C18H15N3O2S. The van der Waals surface area contributed by atoms with Gasteiger partial charge in [-0.05, 0) is 41.8 Å². The second-order valence-electron chi connectivity index (χ2n) is 5.15. The van der Waals surface area contributed by atoms with Crippen LogP contribution in [-0.4, -0.2) is 16.8 Å². The summed E-state index contributed by atoms with van der Waals surface area (Å²) in [6, 6.07) is 12.7. The molecule has 3 rings (SSSR count). The molecule has 2 aromatic heterocycles. The highest BCUT2D eigenvalue weighted by atomic mass is 32.1. The number of amides is 2. The molecule has 0 spiro atoms. The molecule has 120 valence electrons. The maximum atomic E-state index is 12.4. The molecule has 2 N–H and O–H groups in total. The van der Waals surface area contributed by atoms with Gasteiger partial charge in [-0.3, -0.25) is 14.6 Å². The molecule has 2 heterocycles.